The maximum atomic E-state index is 13.1. The van der Waals surface area contributed by atoms with Crippen LogP contribution in [0.15, 0.2) is 273 Å². The number of esters is 2. The molecule has 19 nitrogen and oxygen atoms in total. The molecule has 9 aromatic rings. The van der Waals surface area contributed by atoms with E-state index in [0.717, 1.165) is 51.4 Å². The fraction of sp³-hybridized carbons (Fsp3) is 0.538. The van der Waals surface area contributed by atoms with Crippen molar-refractivity contribution in [3.05, 3.63) is 323 Å². The van der Waals surface area contributed by atoms with Gasteiger partial charge in [-0.15, -0.1) is 0 Å². The first-order chi connectivity index (χ1) is 70.1. The number of alkyl carbamates (subject to hydrolysis) is 1. The van der Waals surface area contributed by atoms with Crippen molar-refractivity contribution < 1.29 is 71.4 Å². The molecule has 0 aromatic heterocycles. The molecule has 19 heteroatoms. The SMILES string of the molecule is CC(C)C(C(c1ccccc1)c1ccccc1)C1OCCCN1C(=O)OC(C)(C)C.CC(C)C(CCC(=O)OC(C)(C)C)C(c1ccccc1)c1ccccc1.CC(C)C(CCC(=O)OC(C)(C)C)Cc1ccccc1.CC(C)C(Cc1ccccc1)C1OCCCN1C(=O)OC(C)(C)C.CC(C)C(Cc1ccccc1)C1OCCN1C(=O)OC(C)(C)C.CC(C)CC(NC(=O)OC(C)(C)C)C(c1ccccc1)c1ccccc1. The van der Waals surface area contributed by atoms with Gasteiger partial charge in [-0.3, -0.25) is 24.3 Å². The topological polar surface area (TPSA) is 207 Å². The van der Waals surface area contributed by atoms with Crippen molar-refractivity contribution in [2.75, 3.05) is 39.5 Å². The van der Waals surface area contributed by atoms with E-state index in [9.17, 15) is 28.8 Å². The van der Waals surface area contributed by atoms with Gasteiger partial charge >= 0.3 is 36.3 Å². The second-order valence-corrected chi connectivity index (χ2v) is 48.2. The lowest BCUT2D eigenvalue weighted by molar-refractivity contribution is -0.156. The van der Waals surface area contributed by atoms with Crippen molar-refractivity contribution in [1.29, 1.82) is 0 Å². The molecule has 0 saturated carbocycles. The van der Waals surface area contributed by atoms with Crippen LogP contribution in [0.3, 0.4) is 0 Å². The van der Waals surface area contributed by atoms with Gasteiger partial charge in [0.25, 0.3) is 0 Å². The smallest absolute Gasteiger partial charge is 0.412 e. The number of hydrogen-bond donors (Lipinski definition) is 1. The van der Waals surface area contributed by atoms with Gasteiger partial charge in [0.1, 0.15) is 52.3 Å². The molecule has 9 aromatic carbocycles. The van der Waals surface area contributed by atoms with E-state index in [-0.39, 0.29) is 102 Å². The van der Waals surface area contributed by atoms with Crippen LogP contribution in [0.4, 0.5) is 19.2 Å². The van der Waals surface area contributed by atoms with Crippen LogP contribution in [0.1, 0.15) is 320 Å². The molecule has 3 fully saturated rings. The second-order valence-electron chi connectivity index (χ2n) is 48.2. The first-order valence-corrected chi connectivity index (χ1v) is 54.8. The lowest BCUT2D eigenvalue weighted by Crippen LogP contribution is -2.53. The van der Waals surface area contributed by atoms with Gasteiger partial charge in [-0.2, -0.15) is 0 Å². The molecule has 816 valence electrons. The summed E-state index contributed by atoms with van der Waals surface area (Å²) >= 11 is 0. The van der Waals surface area contributed by atoms with Crippen LogP contribution < -0.4 is 5.32 Å². The van der Waals surface area contributed by atoms with Gasteiger partial charge in [0.05, 0.1) is 26.4 Å². The zero-order chi connectivity index (χ0) is 110. The average Bonchev–Trinajstić information content (AvgIpc) is 1.48. The van der Waals surface area contributed by atoms with E-state index >= 15 is 0 Å². The number of amides is 4. The van der Waals surface area contributed by atoms with Crippen LogP contribution in [-0.2, 0) is 71.5 Å². The molecular weight excluding hydrogens is 1860 g/mol. The summed E-state index contributed by atoms with van der Waals surface area (Å²) in [5.74, 6) is 4.30. The van der Waals surface area contributed by atoms with Gasteiger partial charge in [-0.05, 0) is 273 Å². The first kappa shape index (κ1) is 125. The van der Waals surface area contributed by atoms with Crippen LogP contribution >= 0.6 is 0 Å². The second kappa shape index (κ2) is 60.8. The summed E-state index contributed by atoms with van der Waals surface area (Å²) in [7, 11) is 0. The summed E-state index contributed by atoms with van der Waals surface area (Å²) in [6.07, 6.45) is 6.04. The Balaban J connectivity index is 0.000000243. The number of nitrogens with zero attached hydrogens (tertiary/aromatic N) is 3. The molecule has 3 aliphatic rings. The monoisotopic (exact) mass is 2040 g/mol. The predicted octanol–water partition coefficient (Wildman–Crippen LogP) is 31.2. The number of ether oxygens (including phenoxy) is 9. The van der Waals surface area contributed by atoms with E-state index in [1.165, 1.54) is 50.1 Å². The van der Waals surface area contributed by atoms with Gasteiger partial charge in [0, 0.05) is 67.5 Å². The van der Waals surface area contributed by atoms with Crippen LogP contribution in [0.5, 0.6) is 0 Å². The lowest BCUT2D eigenvalue weighted by Gasteiger charge is -2.44. The van der Waals surface area contributed by atoms with Crippen molar-refractivity contribution >= 4 is 36.3 Å². The van der Waals surface area contributed by atoms with Crippen molar-refractivity contribution in [2.45, 2.75) is 348 Å². The normalized spacial score (nSPS) is 16.3. The Hall–Kier alpha value is -11.1. The van der Waals surface area contributed by atoms with Crippen molar-refractivity contribution in [3.63, 3.8) is 0 Å². The van der Waals surface area contributed by atoms with Gasteiger partial charge in [-0.25, -0.2) is 19.2 Å². The summed E-state index contributed by atoms with van der Waals surface area (Å²) < 4.78 is 51.6. The quantitative estimate of drug-likeness (QED) is 0.0307. The van der Waals surface area contributed by atoms with Gasteiger partial charge < -0.3 is 47.9 Å². The Kier molecular flexibility index (Phi) is 50.9. The van der Waals surface area contributed by atoms with Gasteiger partial charge in [0.2, 0.25) is 0 Å². The van der Waals surface area contributed by atoms with Crippen LogP contribution in [0, 0.1) is 65.1 Å². The Labute approximate surface area is 897 Å². The Morgan fingerprint density at radius 3 is 0.886 bits per heavy atom. The summed E-state index contributed by atoms with van der Waals surface area (Å²) in [5, 5.41) is 3.14. The van der Waals surface area contributed by atoms with Gasteiger partial charge in [0.15, 0.2) is 0 Å². The number of benzene rings is 9. The maximum Gasteiger partial charge on any atom is 0.412 e. The predicted molar refractivity (Wildman–Crippen MR) is 606 cm³/mol. The summed E-state index contributed by atoms with van der Waals surface area (Å²) in [5.41, 5.74) is 8.52. The zero-order valence-electron chi connectivity index (χ0n) is 96.2. The van der Waals surface area contributed by atoms with Crippen molar-refractivity contribution in [2.24, 2.45) is 65.1 Å². The molecule has 3 aliphatic heterocycles. The minimum atomic E-state index is -0.537. The van der Waals surface area contributed by atoms with Crippen molar-refractivity contribution in [1.82, 2.24) is 20.0 Å². The minimum absolute atomic E-state index is 0.0466. The van der Waals surface area contributed by atoms with E-state index in [1.54, 1.807) is 14.7 Å². The standard InChI is InChI=1S/C26H35NO3.C24H32O2.C23H31NO2.C20H31NO3.C19H29NO3.C18H28O2/c1-19(2)22(24-27(17-12-18-29-24)25(28)30-26(3,4)5)23(20-13-8-6-9-14-20)21-15-10-7-11-16-21;1-18(2)21(16-17-22(25)26-24(3,4)5)23(19-12-8-6-9-13-19)20-14-10-7-11-15-20;1-17(2)16-20(24-22(25)26-23(3,4)5)21(18-12-8-6-9-13-18)19-14-10-7-11-15-19;1-15(2)17(14-16-10-7-6-8-11-16)18-21(12-9-13-23-18)19(22)24-20(3,4)5;1-14(2)16(13-15-9-7-6-8-10-15)17-20(11-12-22-17)18(21)23-19(3,4)5;1-14(2)16(13-15-9-7-6-8-10-15)11-12-17(19)20-18(3,4)5/h6-11,13-16,19,22-24H,12,17-18H2,1-5H3;6-15,18,21,23H,16-17H2,1-5H3;6-15,17,20-21H,16H2,1-5H3,(H,24,25);6-8,10-11,15,17-18H,9,12-14H2,1-5H3;6-10,14,16-17H,11-13H2,1-5H3;6-10,14,16H,11-13H2,1-5H3. The zero-order valence-corrected chi connectivity index (χ0v) is 96.2. The summed E-state index contributed by atoms with van der Waals surface area (Å²) in [4.78, 5) is 80.1. The number of carbonyl (C=O) groups excluding carboxylic acids is 6. The highest BCUT2D eigenvalue weighted by molar-refractivity contribution is 5.72. The van der Waals surface area contributed by atoms with E-state index in [4.69, 9.17) is 42.6 Å². The van der Waals surface area contributed by atoms with Crippen molar-refractivity contribution in [3.8, 4) is 0 Å². The molecule has 3 saturated heterocycles. The van der Waals surface area contributed by atoms with E-state index in [1.807, 2.05) is 203 Å². The third kappa shape index (κ3) is 45.9. The first-order valence-electron chi connectivity index (χ1n) is 54.8. The van der Waals surface area contributed by atoms with E-state index in [0.29, 0.717) is 99.6 Å². The van der Waals surface area contributed by atoms with E-state index in [2.05, 4.69) is 283 Å². The fourth-order valence-corrected chi connectivity index (χ4v) is 19.4. The third-order valence-corrected chi connectivity index (χ3v) is 26.2. The number of nitrogens with one attached hydrogen (secondary N) is 1. The molecule has 3 heterocycles. The molecule has 0 radical (unpaired) electrons. The van der Waals surface area contributed by atoms with Crippen LogP contribution in [0.2, 0.25) is 0 Å². The Morgan fingerprint density at radius 2 is 0.584 bits per heavy atom. The summed E-state index contributed by atoms with van der Waals surface area (Å²) in [6.45, 7) is 64.6. The highest BCUT2D eigenvalue weighted by atomic mass is 16.6. The maximum absolute atomic E-state index is 13.1. The Bertz CT molecular complexity index is 5140. The minimum Gasteiger partial charge on any atom is -0.460 e. The molecule has 12 rings (SSSR count). The van der Waals surface area contributed by atoms with Crippen LogP contribution in [0.25, 0.3) is 0 Å². The van der Waals surface area contributed by atoms with E-state index < -0.39 is 28.0 Å². The summed E-state index contributed by atoms with van der Waals surface area (Å²) in [6, 6.07) is 94.3. The average molecular weight is 2040 g/mol. The molecule has 149 heavy (non-hydrogen) atoms. The fourth-order valence-electron chi connectivity index (χ4n) is 19.4. The molecular formula is C130H186N4O15. The van der Waals surface area contributed by atoms with Crippen LogP contribution in [-0.4, -0.2) is 149 Å². The number of carbonyl (C=O) groups is 6. The molecule has 4 amide bonds. The lowest BCUT2D eigenvalue weighted by atomic mass is 9.73. The Morgan fingerprint density at radius 1 is 0.302 bits per heavy atom. The molecule has 0 aliphatic carbocycles. The highest BCUT2D eigenvalue weighted by Crippen LogP contribution is 2.44. The molecule has 9 unspecified atom stereocenters. The molecule has 1 N–H and O–H groups in total. The molecule has 9 atom stereocenters. The third-order valence-electron chi connectivity index (χ3n) is 26.2. The van der Waals surface area contributed by atoms with Gasteiger partial charge in [-0.1, -0.05) is 356 Å². The largest absolute Gasteiger partial charge is 0.460 e. The highest BCUT2D eigenvalue weighted by Gasteiger charge is 2.45. The molecule has 0 spiro atoms. The number of hydrogen-bond acceptors (Lipinski definition) is 15. The molecule has 0 bridgehead atoms. The number of rotatable bonds is 32.